The number of hydrogen-bond donors (Lipinski definition) is 2. The molecule has 0 heterocycles. The maximum Gasteiger partial charge on any atom is 0.412 e. The Morgan fingerprint density at radius 1 is 1.44 bits per heavy atom. The van der Waals surface area contributed by atoms with Crippen LogP contribution in [0.1, 0.15) is 20.8 Å². The second kappa shape index (κ2) is 4.90. The van der Waals surface area contributed by atoms with Crippen LogP contribution in [0.2, 0.25) is 0 Å². The first kappa shape index (κ1) is 13.1. The minimum absolute atomic E-state index is 0.166. The number of phenols is 1. The number of halogens is 1. The van der Waals surface area contributed by atoms with E-state index in [1.165, 1.54) is 6.07 Å². The fraction of sp³-hybridized carbons (Fsp3) is 0.364. The monoisotopic (exact) mass is 335 g/mol. The number of rotatable bonds is 1. The van der Waals surface area contributed by atoms with Crippen molar-refractivity contribution in [2.24, 2.45) is 0 Å². The van der Waals surface area contributed by atoms with Crippen LogP contribution in [0.15, 0.2) is 18.2 Å². The second-order valence-electron chi connectivity index (χ2n) is 4.29. The Morgan fingerprint density at radius 2 is 2.06 bits per heavy atom. The van der Waals surface area contributed by atoms with Gasteiger partial charge in [0.1, 0.15) is 11.4 Å². The summed E-state index contributed by atoms with van der Waals surface area (Å²) in [7, 11) is 0. The van der Waals surface area contributed by atoms with E-state index in [9.17, 15) is 9.90 Å². The quantitative estimate of drug-likeness (QED) is 0.611. The van der Waals surface area contributed by atoms with E-state index in [4.69, 9.17) is 4.74 Å². The van der Waals surface area contributed by atoms with Gasteiger partial charge in [0.2, 0.25) is 0 Å². The van der Waals surface area contributed by atoms with Gasteiger partial charge in [-0.05, 0) is 61.6 Å². The van der Waals surface area contributed by atoms with Crippen molar-refractivity contribution in [3.05, 3.63) is 21.8 Å². The summed E-state index contributed by atoms with van der Waals surface area (Å²) in [4.78, 5) is 11.5. The SMILES string of the molecule is CC(C)(C)OC(=O)Nc1ccc(O)cc1I. The Labute approximate surface area is 108 Å². The highest BCUT2D eigenvalue weighted by Gasteiger charge is 2.16. The van der Waals surface area contributed by atoms with Gasteiger partial charge >= 0.3 is 6.09 Å². The highest BCUT2D eigenvalue weighted by atomic mass is 127. The average Bonchev–Trinajstić information content (AvgIpc) is 2.06. The molecule has 0 aliphatic heterocycles. The van der Waals surface area contributed by atoms with Crippen LogP contribution in [0.5, 0.6) is 5.75 Å². The molecule has 0 saturated carbocycles. The van der Waals surface area contributed by atoms with Gasteiger partial charge in [0, 0.05) is 3.57 Å². The molecule has 0 bridgehead atoms. The lowest BCUT2D eigenvalue weighted by Crippen LogP contribution is -2.27. The van der Waals surface area contributed by atoms with Gasteiger partial charge in [0.15, 0.2) is 0 Å². The first-order chi connectivity index (χ1) is 7.28. The van der Waals surface area contributed by atoms with Crippen molar-refractivity contribution >= 4 is 34.4 Å². The van der Waals surface area contributed by atoms with Gasteiger partial charge in [-0.3, -0.25) is 5.32 Å². The number of amides is 1. The van der Waals surface area contributed by atoms with Crippen LogP contribution in [0.3, 0.4) is 0 Å². The van der Waals surface area contributed by atoms with Crippen molar-refractivity contribution in [2.75, 3.05) is 5.32 Å². The Kier molecular flexibility index (Phi) is 4.01. The van der Waals surface area contributed by atoms with Crippen LogP contribution in [0.4, 0.5) is 10.5 Å². The molecule has 0 aromatic heterocycles. The molecular weight excluding hydrogens is 321 g/mol. The molecule has 1 aromatic carbocycles. The molecule has 1 amide bonds. The zero-order valence-electron chi connectivity index (χ0n) is 9.37. The van der Waals surface area contributed by atoms with E-state index in [1.807, 2.05) is 22.6 Å². The molecule has 0 atom stereocenters. The molecule has 16 heavy (non-hydrogen) atoms. The largest absolute Gasteiger partial charge is 0.508 e. The third-order valence-corrected chi connectivity index (χ3v) is 2.48. The molecule has 4 nitrogen and oxygen atoms in total. The molecule has 5 heteroatoms. The number of carbonyl (C=O) groups is 1. The van der Waals surface area contributed by atoms with Crippen molar-refractivity contribution in [3.8, 4) is 5.75 Å². The van der Waals surface area contributed by atoms with Gasteiger partial charge in [-0.15, -0.1) is 0 Å². The molecule has 0 spiro atoms. The summed E-state index contributed by atoms with van der Waals surface area (Å²) in [5.41, 5.74) is 0.0968. The van der Waals surface area contributed by atoms with E-state index in [-0.39, 0.29) is 5.75 Å². The van der Waals surface area contributed by atoms with Crippen molar-refractivity contribution < 1.29 is 14.6 Å². The average molecular weight is 335 g/mol. The van der Waals surface area contributed by atoms with E-state index >= 15 is 0 Å². The zero-order valence-corrected chi connectivity index (χ0v) is 11.5. The molecule has 1 rings (SSSR count). The van der Waals surface area contributed by atoms with E-state index < -0.39 is 11.7 Å². The Bertz CT molecular complexity index is 399. The maximum absolute atomic E-state index is 11.5. The summed E-state index contributed by atoms with van der Waals surface area (Å²) in [6.07, 6.45) is -0.504. The molecule has 1 aromatic rings. The first-order valence-electron chi connectivity index (χ1n) is 4.76. The molecule has 0 radical (unpaired) electrons. The van der Waals surface area contributed by atoms with Gasteiger partial charge in [-0.1, -0.05) is 0 Å². The summed E-state index contributed by atoms with van der Waals surface area (Å²) < 4.78 is 5.86. The Hall–Kier alpha value is -0.980. The van der Waals surface area contributed by atoms with Crippen LogP contribution in [-0.2, 0) is 4.74 Å². The van der Waals surface area contributed by atoms with E-state index in [2.05, 4.69) is 5.32 Å². The summed E-state index contributed by atoms with van der Waals surface area (Å²) in [6.45, 7) is 5.40. The fourth-order valence-electron chi connectivity index (χ4n) is 1.02. The number of ether oxygens (including phenoxy) is 1. The Morgan fingerprint density at radius 3 is 2.56 bits per heavy atom. The smallest absolute Gasteiger partial charge is 0.412 e. The van der Waals surface area contributed by atoms with Crippen LogP contribution in [0.25, 0.3) is 0 Å². The molecule has 0 saturated heterocycles. The number of nitrogens with one attached hydrogen (secondary N) is 1. The van der Waals surface area contributed by atoms with Crippen LogP contribution in [0, 0.1) is 3.57 Å². The predicted octanol–water partition coefficient (Wildman–Crippen LogP) is 3.34. The number of hydrogen-bond acceptors (Lipinski definition) is 3. The normalized spacial score (nSPS) is 11.0. The number of phenolic OH excluding ortho intramolecular Hbond substituents is 1. The molecule has 2 N–H and O–H groups in total. The summed E-state index contributed by atoms with van der Waals surface area (Å²) in [5, 5.41) is 11.8. The number of carbonyl (C=O) groups excluding carboxylic acids is 1. The van der Waals surface area contributed by atoms with Gasteiger partial charge in [-0.25, -0.2) is 4.79 Å². The maximum atomic E-state index is 11.5. The molecule has 0 aliphatic rings. The minimum atomic E-state index is -0.521. The molecular formula is C11H14INO3. The molecule has 0 fully saturated rings. The minimum Gasteiger partial charge on any atom is -0.508 e. The van der Waals surface area contributed by atoms with Crippen LogP contribution >= 0.6 is 22.6 Å². The number of aromatic hydroxyl groups is 1. The fourth-order valence-corrected chi connectivity index (χ4v) is 1.65. The lowest BCUT2D eigenvalue weighted by molar-refractivity contribution is 0.0636. The predicted molar refractivity (Wildman–Crippen MR) is 70.7 cm³/mol. The third kappa shape index (κ3) is 4.26. The van der Waals surface area contributed by atoms with E-state index in [0.29, 0.717) is 5.69 Å². The van der Waals surface area contributed by atoms with Crippen molar-refractivity contribution in [2.45, 2.75) is 26.4 Å². The number of benzene rings is 1. The number of anilines is 1. The third-order valence-electron chi connectivity index (χ3n) is 1.59. The molecule has 0 aliphatic carbocycles. The van der Waals surface area contributed by atoms with Crippen molar-refractivity contribution in [1.29, 1.82) is 0 Å². The first-order valence-corrected chi connectivity index (χ1v) is 5.84. The van der Waals surface area contributed by atoms with Gasteiger partial charge < -0.3 is 9.84 Å². The van der Waals surface area contributed by atoms with E-state index in [1.54, 1.807) is 32.9 Å². The summed E-state index contributed by atoms with van der Waals surface area (Å²) >= 11 is 2.03. The van der Waals surface area contributed by atoms with Crippen molar-refractivity contribution in [3.63, 3.8) is 0 Å². The highest BCUT2D eigenvalue weighted by Crippen LogP contribution is 2.23. The van der Waals surface area contributed by atoms with Gasteiger partial charge in [-0.2, -0.15) is 0 Å². The lowest BCUT2D eigenvalue weighted by atomic mass is 10.2. The van der Waals surface area contributed by atoms with E-state index in [0.717, 1.165) is 3.57 Å². The summed E-state index contributed by atoms with van der Waals surface area (Å²) in [6, 6.07) is 4.70. The van der Waals surface area contributed by atoms with Crippen molar-refractivity contribution in [1.82, 2.24) is 0 Å². The topological polar surface area (TPSA) is 58.6 Å². The molecule has 88 valence electrons. The molecule has 0 unspecified atom stereocenters. The zero-order chi connectivity index (χ0) is 12.3. The lowest BCUT2D eigenvalue weighted by Gasteiger charge is -2.20. The highest BCUT2D eigenvalue weighted by molar-refractivity contribution is 14.1. The standard InChI is InChI=1S/C11H14INO3/c1-11(2,3)16-10(15)13-9-5-4-7(14)6-8(9)12/h4-6,14H,1-3H3,(H,13,15). The van der Waals surface area contributed by atoms with Gasteiger partial charge in [0.25, 0.3) is 0 Å². The van der Waals surface area contributed by atoms with Crippen LogP contribution < -0.4 is 5.32 Å². The Balaban J connectivity index is 2.70. The summed E-state index contributed by atoms with van der Waals surface area (Å²) in [5.74, 6) is 0.166. The van der Waals surface area contributed by atoms with Crippen LogP contribution in [-0.4, -0.2) is 16.8 Å². The second-order valence-corrected chi connectivity index (χ2v) is 5.45. The van der Waals surface area contributed by atoms with Gasteiger partial charge in [0.05, 0.1) is 5.69 Å².